The highest BCUT2D eigenvalue weighted by Crippen LogP contribution is 2.34. The summed E-state index contributed by atoms with van der Waals surface area (Å²) in [7, 11) is 0. The topological polar surface area (TPSA) is 64.3 Å². The number of carbonyl (C=O) groups excluding carboxylic acids is 1. The molecule has 3 N–H and O–H groups in total. The number of rotatable bonds is 3. The van der Waals surface area contributed by atoms with Gasteiger partial charge in [-0.15, -0.1) is 0 Å². The minimum Gasteiger partial charge on any atom is -0.493 e. The summed E-state index contributed by atoms with van der Waals surface area (Å²) in [5, 5.41) is 3.02. The van der Waals surface area contributed by atoms with E-state index in [2.05, 4.69) is 5.32 Å². The number of para-hydroxylation sites is 1. The minimum atomic E-state index is -0.166. The van der Waals surface area contributed by atoms with E-state index in [1.165, 1.54) is 6.42 Å². The molecule has 102 valence electrons. The summed E-state index contributed by atoms with van der Waals surface area (Å²) < 4.78 is 5.58. The van der Waals surface area contributed by atoms with Gasteiger partial charge in [-0.25, -0.2) is 0 Å². The summed E-state index contributed by atoms with van der Waals surface area (Å²) >= 11 is 0. The van der Waals surface area contributed by atoms with Crippen molar-refractivity contribution in [2.75, 3.05) is 13.2 Å². The lowest BCUT2D eigenvalue weighted by Crippen LogP contribution is -2.55. The highest BCUT2D eigenvalue weighted by molar-refractivity contribution is 5.84. The van der Waals surface area contributed by atoms with Crippen LogP contribution in [-0.4, -0.2) is 24.6 Å². The Morgan fingerprint density at radius 2 is 2.21 bits per heavy atom. The van der Waals surface area contributed by atoms with Crippen LogP contribution in [0.4, 0.5) is 0 Å². The van der Waals surface area contributed by atoms with E-state index in [4.69, 9.17) is 10.5 Å². The molecule has 3 rings (SSSR count). The van der Waals surface area contributed by atoms with Gasteiger partial charge in [-0.05, 0) is 31.7 Å². The average molecular weight is 260 g/mol. The zero-order chi connectivity index (χ0) is 13.3. The van der Waals surface area contributed by atoms with Gasteiger partial charge in [0, 0.05) is 17.6 Å². The number of amides is 1. The number of hydrogen-bond acceptors (Lipinski definition) is 3. The molecule has 19 heavy (non-hydrogen) atoms. The third-order valence-corrected chi connectivity index (χ3v) is 4.24. The maximum atomic E-state index is 12.3. The van der Waals surface area contributed by atoms with Crippen LogP contribution in [0.25, 0.3) is 0 Å². The van der Waals surface area contributed by atoms with E-state index < -0.39 is 0 Å². The number of nitrogens with two attached hydrogens (primary N) is 1. The number of ether oxygens (including phenoxy) is 1. The summed E-state index contributed by atoms with van der Waals surface area (Å²) in [6, 6.07) is 7.78. The molecule has 0 bridgehead atoms. The molecule has 1 fully saturated rings. The Bertz CT molecular complexity index is 483. The smallest absolute Gasteiger partial charge is 0.227 e. The number of nitrogens with one attached hydrogen (secondary N) is 1. The summed E-state index contributed by atoms with van der Waals surface area (Å²) in [4.78, 5) is 12.3. The molecule has 0 saturated heterocycles. The molecule has 0 radical (unpaired) electrons. The minimum absolute atomic E-state index is 0.0764. The van der Waals surface area contributed by atoms with E-state index >= 15 is 0 Å². The van der Waals surface area contributed by atoms with E-state index in [9.17, 15) is 4.79 Å². The lowest BCUT2D eigenvalue weighted by atomic mass is 9.77. The van der Waals surface area contributed by atoms with Crippen molar-refractivity contribution in [3.63, 3.8) is 0 Å². The fraction of sp³-hybridized carbons (Fsp3) is 0.533. The summed E-state index contributed by atoms with van der Waals surface area (Å²) in [6.45, 7) is 1.19. The van der Waals surface area contributed by atoms with Gasteiger partial charge in [-0.3, -0.25) is 4.79 Å². The largest absolute Gasteiger partial charge is 0.493 e. The molecule has 0 aromatic heterocycles. The highest BCUT2D eigenvalue weighted by Gasteiger charge is 2.34. The van der Waals surface area contributed by atoms with Crippen LogP contribution >= 0.6 is 0 Å². The quantitative estimate of drug-likeness (QED) is 0.866. The van der Waals surface area contributed by atoms with Crippen molar-refractivity contribution in [2.45, 2.75) is 37.1 Å². The van der Waals surface area contributed by atoms with Gasteiger partial charge in [0.2, 0.25) is 5.91 Å². The predicted molar refractivity (Wildman–Crippen MR) is 73.1 cm³/mol. The standard InChI is InChI=1S/C15H20N2O2/c16-15(7-3-8-15)10-17-14(18)12-6-9-19-13-5-2-1-4-11(12)13/h1-2,4-5,12H,3,6-10,16H2,(H,17,18). The monoisotopic (exact) mass is 260 g/mol. The van der Waals surface area contributed by atoms with Gasteiger partial charge < -0.3 is 15.8 Å². The Morgan fingerprint density at radius 1 is 1.42 bits per heavy atom. The molecule has 1 atom stereocenters. The fourth-order valence-corrected chi connectivity index (χ4v) is 2.81. The van der Waals surface area contributed by atoms with E-state index in [-0.39, 0.29) is 17.4 Å². The van der Waals surface area contributed by atoms with Crippen molar-refractivity contribution in [2.24, 2.45) is 5.73 Å². The van der Waals surface area contributed by atoms with Crippen LogP contribution in [-0.2, 0) is 4.79 Å². The molecule has 0 spiro atoms. The fourth-order valence-electron chi connectivity index (χ4n) is 2.81. The van der Waals surface area contributed by atoms with E-state index in [0.29, 0.717) is 13.2 Å². The van der Waals surface area contributed by atoms with Gasteiger partial charge in [0.05, 0.1) is 12.5 Å². The zero-order valence-electron chi connectivity index (χ0n) is 11.0. The summed E-state index contributed by atoms with van der Waals surface area (Å²) in [5.74, 6) is 0.807. The van der Waals surface area contributed by atoms with Crippen LogP contribution in [0.15, 0.2) is 24.3 Å². The van der Waals surface area contributed by atoms with Crippen LogP contribution in [0, 0.1) is 0 Å². The van der Waals surface area contributed by atoms with E-state index in [1.54, 1.807) is 0 Å². The van der Waals surface area contributed by atoms with Crippen molar-refractivity contribution >= 4 is 5.91 Å². The van der Waals surface area contributed by atoms with Crippen molar-refractivity contribution in [1.29, 1.82) is 0 Å². The third-order valence-electron chi connectivity index (χ3n) is 4.24. The second kappa shape index (κ2) is 4.85. The Labute approximate surface area is 113 Å². The van der Waals surface area contributed by atoms with Crippen LogP contribution in [0.5, 0.6) is 5.75 Å². The van der Waals surface area contributed by atoms with Crippen molar-refractivity contribution < 1.29 is 9.53 Å². The maximum absolute atomic E-state index is 12.3. The SMILES string of the molecule is NC1(CNC(=O)C2CCOc3ccccc32)CCC1. The molecule has 1 aromatic rings. The first-order chi connectivity index (χ1) is 9.18. The molecule has 2 aliphatic rings. The average Bonchev–Trinajstić information content (AvgIpc) is 2.42. The Hall–Kier alpha value is -1.55. The number of fused-ring (bicyclic) bond motifs is 1. The number of hydrogen-bond donors (Lipinski definition) is 2. The second-order valence-corrected chi connectivity index (χ2v) is 5.66. The molecule has 1 saturated carbocycles. The van der Waals surface area contributed by atoms with Gasteiger partial charge in [-0.1, -0.05) is 18.2 Å². The molecular formula is C15H20N2O2. The highest BCUT2D eigenvalue weighted by atomic mass is 16.5. The second-order valence-electron chi connectivity index (χ2n) is 5.66. The van der Waals surface area contributed by atoms with Gasteiger partial charge in [0.25, 0.3) is 0 Å². The maximum Gasteiger partial charge on any atom is 0.227 e. The van der Waals surface area contributed by atoms with Crippen molar-refractivity contribution in [1.82, 2.24) is 5.32 Å². The molecule has 1 aromatic carbocycles. The molecule has 1 unspecified atom stereocenters. The van der Waals surface area contributed by atoms with Crippen LogP contribution in [0.1, 0.15) is 37.2 Å². The zero-order valence-corrected chi connectivity index (χ0v) is 11.0. The van der Waals surface area contributed by atoms with Crippen molar-refractivity contribution in [3.8, 4) is 5.75 Å². The summed E-state index contributed by atoms with van der Waals surface area (Å²) in [5.41, 5.74) is 6.96. The van der Waals surface area contributed by atoms with Gasteiger partial charge in [0.15, 0.2) is 0 Å². The molecular weight excluding hydrogens is 240 g/mol. The molecule has 1 amide bonds. The lowest BCUT2D eigenvalue weighted by molar-refractivity contribution is -0.123. The first-order valence-corrected chi connectivity index (χ1v) is 6.96. The van der Waals surface area contributed by atoms with Gasteiger partial charge in [0.1, 0.15) is 5.75 Å². The van der Waals surface area contributed by atoms with E-state index in [1.807, 2.05) is 24.3 Å². The number of benzene rings is 1. The normalized spacial score (nSPS) is 23.7. The van der Waals surface area contributed by atoms with Gasteiger partial charge in [-0.2, -0.15) is 0 Å². The Kier molecular flexibility index (Phi) is 3.19. The summed E-state index contributed by atoms with van der Waals surface area (Å²) in [6.07, 6.45) is 3.93. The molecule has 4 heteroatoms. The third kappa shape index (κ3) is 2.45. The predicted octanol–water partition coefficient (Wildman–Crippen LogP) is 1.55. The van der Waals surface area contributed by atoms with Crippen LogP contribution in [0.2, 0.25) is 0 Å². The first kappa shape index (κ1) is 12.5. The van der Waals surface area contributed by atoms with Crippen LogP contribution in [0.3, 0.4) is 0 Å². The molecule has 4 nitrogen and oxygen atoms in total. The van der Waals surface area contributed by atoms with Crippen molar-refractivity contribution in [3.05, 3.63) is 29.8 Å². The molecule has 1 aliphatic heterocycles. The number of carbonyl (C=O) groups is 1. The van der Waals surface area contributed by atoms with Crippen LogP contribution < -0.4 is 15.8 Å². The molecule has 1 aliphatic carbocycles. The lowest BCUT2D eigenvalue weighted by Gasteiger charge is -2.38. The Balaban J connectivity index is 1.67. The van der Waals surface area contributed by atoms with Gasteiger partial charge >= 0.3 is 0 Å². The van der Waals surface area contributed by atoms with E-state index in [0.717, 1.165) is 30.6 Å². The Morgan fingerprint density at radius 3 is 2.95 bits per heavy atom. The molecule has 1 heterocycles. The first-order valence-electron chi connectivity index (χ1n) is 6.96.